The van der Waals surface area contributed by atoms with Gasteiger partial charge in [-0.3, -0.25) is 9.36 Å². The minimum Gasteiger partial charge on any atom is -0.353 e. The van der Waals surface area contributed by atoms with E-state index in [4.69, 9.17) is 0 Å². The highest BCUT2D eigenvalue weighted by atomic mass is 32.2. The molecule has 0 radical (unpaired) electrons. The minimum atomic E-state index is -0.216. The molecule has 2 aromatic heterocycles. The summed E-state index contributed by atoms with van der Waals surface area (Å²) in [5, 5.41) is 14.7. The van der Waals surface area contributed by atoms with E-state index in [1.165, 1.54) is 17.3 Å². The van der Waals surface area contributed by atoms with Gasteiger partial charge in [0.05, 0.1) is 10.1 Å². The summed E-state index contributed by atoms with van der Waals surface area (Å²) in [5.41, 5.74) is 1.30. The number of hydrogen-bond donors (Lipinski definition) is 1. The number of carbonyl (C=O) groups excluding carboxylic acids is 1. The quantitative estimate of drug-likeness (QED) is 0.491. The van der Waals surface area contributed by atoms with Crippen LogP contribution in [-0.2, 0) is 11.2 Å². The van der Waals surface area contributed by atoms with Gasteiger partial charge >= 0.3 is 0 Å². The smallest absolute Gasteiger partial charge is 0.233 e. The van der Waals surface area contributed by atoms with E-state index >= 15 is 0 Å². The SMILES string of the molecule is C[C@@H](CCc1ccccc1)NC(=O)[C@@H](C)Sc1nnc(-c2cccs2)n1C1CC1. The molecule has 0 saturated heterocycles. The molecule has 1 aliphatic carbocycles. The summed E-state index contributed by atoms with van der Waals surface area (Å²) in [6.45, 7) is 4.01. The van der Waals surface area contributed by atoms with E-state index < -0.39 is 0 Å². The molecule has 0 spiro atoms. The van der Waals surface area contributed by atoms with Crippen LogP contribution >= 0.6 is 23.1 Å². The Kier molecular flexibility index (Phi) is 6.35. The Morgan fingerprint density at radius 2 is 2.00 bits per heavy atom. The van der Waals surface area contributed by atoms with Gasteiger partial charge in [-0.25, -0.2) is 0 Å². The molecule has 0 aliphatic heterocycles. The molecule has 3 aromatic rings. The van der Waals surface area contributed by atoms with Gasteiger partial charge in [0.1, 0.15) is 0 Å². The van der Waals surface area contributed by atoms with E-state index in [0.717, 1.165) is 41.5 Å². The second-order valence-corrected chi connectivity index (χ2v) is 9.83. The average molecular weight is 427 g/mol. The number of rotatable bonds is 9. The maximum absolute atomic E-state index is 12.7. The number of amides is 1. The molecule has 0 bridgehead atoms. The van der Waals surface area contributed by atoms with Crippen LogP contribution in [0.2, 0.25) is 0 Å². The third-order valence-electron chi connectivity index (χ3n) is 5.07. The predicted molar refractivity (Wildman–Crippen MR) is 119 cm³/mol. The molecule has 1 N–H and O–H groups in total. The second-order valence-electron chi connectivity index (χ2n) is 7.58. The highest BCUT2D eigenvalue weighted by Crippen LogP contribution is 2.42. The summed E-state index contributed by atoms with van der Waals surface area (Å²) in [5.74, 6) is 0.979. The molecular weight excluding hydrogens is 400 g/mol. The van der Waals surface area contributed by atoms with Crippen molar-refractivity contribution in [1.29, 1.82) is 0 Å². The van der Waals surface area contributed by atoms with E-state index in [1.54, 1.807) is 11.3 Å². The molecule has 1 amide bonds. The van der Waals surface area contributed by atoms with E-state index in [-0.39, 0.29) is 17.2 Å². The number of thioether (sulfide) groups is 1. The van der Waals surface area contributed by atoms with Gasteiger partial charge in [-0.15, -0.1) is 21.5 Å². The van der Waals surface area contributed by atoms with Crippen LogP contribution in [0.4, 0.5) is 0 Å². The average Bonchev–Trinajstić information content (AvgIpc) is 3.25. The topological polar surface area (TPSA) is 59.8 Å². The largest absolute Gasteiger partial charge is 0.353 e. The van der Waals surface area contributed by atoms with Gasteiger partial charge in [-0.05, 0) is 56.5 Å². The Hall–Kier alpha value is -2.12. The van der Waals surface area contributed by atoms with Crippen molar-refractivity contribution in [1.82, 2.24) is 20.1 Å². The lowest BCUT2D eigenvalue weighted by Gasteiger charge is -2.17. The number of thiophene rings is 1. The fourth-order valence-corrected chi connectivity index (χ4v) is 4.90. The minimum absolute atomic E-state index is 0.0542. The van der Waals surface area contributed by atoms with Crippen LogP contribution in [0.3, 0.4) is 0 Å². The molecule has 2 atom stereocenters. The Morgan fingerprint density at radius 3 is 2.69 bits per heavy atom. The molecule has 5 nitrogen and oxygen atoms in total. The zero-order valence-corrected chi connectivity index (χ0v) is 18.4. The van der Waals surface area contributed by atoms with Crippen LogP contribution in [-0.4, -0.2) is 32.0 Å². The third-order valence-corrected chi connectivity index (χ3v) is 6.99. The number of carbonyl (C=O) groups is 1. The predicted octanol–water partition coefficient (Wildman–Crippen LogP) is 4.96. The molecule has 1 saturated carbocycles. The number of nitrogens with zero attached hydrogens (tertiary/aromatic N) is 3. The zero-order valence-electron chi connectivity index (χ0n) is 16.7. The summed E-state index contributed by atoms with van der Waals surface area (Å²) in [7, 11) is 0. The van der Waals surface area contributed by atoms with Gasteiger partial charge in [0.15, 0.2) is 11.0 Å². The van der Waals surface area contributed by atoms with Gasteiger partial charge in [-0.1, -0.05) is 48.2 Å². The summed E-state index contributed by atoms with van der Waals surface area (Å²) in [4.78, 5) is 13.8. The first-order chi connectivity index (χ1) is 14.1. The number of aromatic nitrogens is 3. The molecule has 1 aliphatic rings. The van der Waals surface area contributed by atoms with Gasteiger partial charge in [0.25, 0.3) is 0 Å². The van der Waals surface area contributed by atoms with Crippen molar-refractivity contribution in [3.63, 3.8) is 0 Å². The van der Waals surface area contributed by atoms with Crippen LogP contribution in [0.1, 0.15) is 44.7 Å². The molecule has 7 heteroatoms. The van der Waals surface area contributed by atoms with E-state index in [2.05, 4.69) is 62.7 Å². The number of hydrogen-bond acceptors (Lipinski definition) is 5. The van der Waals surface area contributed by atoms with E-state index in [1.807, 2.05) is 19.1 Å². The van der Waals surface area contributed by atoms with E-state index in [0.29, 0.717) is 6.04 Å². The number of aryl methyl sites for hydroxylation is 1. The van der Waals surface area contributed by atoms with Crippen molar-refractivity contribution in [2.45, 2.75) is 62.0 Å². The van der Waals surface area contributed by atoms with Crippen molar-refractivity contribution in [3.05, 3.63) is 53.4 Å². The molecule has 29 heavy (non-hydrogen) atoms. The van der Waals surface area contributed by atoms with Crippen molar-refractivity contribution in [3.8, 4) is 10.7 Å². The van der Waals surface area contributed by atoms with Gasteiger partial charge in [0, 0.05) is 12.1 Å². The maximum atomic E-state index is 12.7. The van der Waals surface area contributed by atoms with Crippen LogP contribution < -0.4 is 5.32 Å². The Bertz CT molecular complexity index is 935. The number of benzene rings is 1. The van der Waals surface area contributed by atoms with Crippen molar-refractivity contribution < 1.29 is 4.79 Å². The molecule has 1 fully saturated rings. The fourth-order valence-electron chi connectivity index (χ4n) is 3.26. The highest BCUT2D eigenvalue weighted by Gasteiger charge is 2.31. The maximum Gasteiger partial charge on any atom is 0.233 e. The normalized spacial score (nSPS) is 15.8. The van der Waals surface area contributed by atoms with Crippen LogP contribution in [0, 0.1) is 0 Å². The third kappa shape index (κ3) is 5.08. The van der Waals surface area contributed by atoms with Gasteiger partial charge < -0.3 is 5.32 Å². The molecule has 1 aromatic carbocycles. The number of nitrogens with one attached hydrogen (secondary N) is 1. The summed E-state index contributed by atoms with van der Waals surface area (Å²) in [6.07, 6.45) is 4.19. The second kappa shape index (κ2) is 9.13. The molecular formula is C22H26N4OS2. The summed E-state index contributed by atoms with van der Waals surface area (Å²) >= 11 is 3.18. The van der Waals surface area contributed by atoms with Gasteiger partial charge in [-0.2, -0.15) is 0 Å². The first-order valence-electron chi connectivity index (χ1n) is 10.1. The Balaban J connectivity index is 1.35. The van der Waals surface area contributed by atoms with Gasteiger partial charge in [0.2, 0.25) is 5.91 Å². The van der Waals surface area contributed by atoms with Crippen molar-refractivity contribution >= 4 is 29.0 Å². The zero-order chi connectivity index (χ0) is 20.2. The first-order valence-corrected chi connectivity index (χ1v) is 11.9. The summed E-state index contributed by atoms with van der Waals surface area (Å²) < 4.78 is 2.22. The monoisotopic (exact) mass is 426 g/mol. The Labute approximate surface area is 179 Å². The lowest BCUT2D eigenvalue weighted by molar-refractivity contribution is -0.120. The summed E-state index contributed by atoms with van der Waals surface area (Å²) in [6, 6.07) is 15.1. The van der Waals surface area contributed by atoms with E-state index in [9.17, 15) is 4.79 Å². The van der Waals surface area contributed by atoms with Crippen molar-refractivity contribution in [2.75, 3.05) is 0 Å². The molecule has 152 valence electrons. The molecule has 0 unspecified atom stereocenters. The first kappa shape index (κ1) is 20.2. The Morgan fingerprint density at radius 1 is 1.21 bits per heavy atom. The van der Waals surface area contributed by atoms with Crippen LogP contribution in [0.5, 0.6) is 0 Å². The fraction of sp³-hybridized carbons (Fsp3) is 0.409. The van der Waals surface area contributed by atoms with Crippen LogP contribution in [0.25, 0.3) is 10.7 Å². The van der Waals surface area contributed by atoms with Crippen molar-refractivity contribution in [2.24, 2.45) is 0 Å². The lowest BCUT2D eigenvalue weighted by Crippen LogP contribution is -2.38. The van der Waals surface area contributed by atoms with Crippen LogP contribution in [0.15, 0.2) is 53.0 Å². The lowest BCUT2D eigenvalue weighted by atomic mass is 10.1. The standard InChI is InChI=1S/C22H26N4OS2/c1-15(10-11-17-7-4-3-5-8-17)23-21(27)16(2)29-22-25-24-20(19-9-6-14-28-19)26(22)18-12-13-18/h3-9,14-16,18H,10-13H2,1-2H3,(H,23,27)/t15-,16+/m0/s1. The molecule has 4 rings (SSSR count). The highest BCUT2D eigenvalue weighted by molar-refractivity contribution is 8.00. The molecule has 2 heterocycles.